The summed E-state index contributed by atoms with van der Waals surface area (Å²) in [4.78, 5) is 47.5. The minimum atomic E-state index is -0.533. The van der Waals surface area contributed by atoms with Crippen LogP contribution in [-0.4, -0.2) is 34.6 Å². The largest absolute Gasteiger partial charge is 0.322 e. The molecule has 0 saturated carbocycles. The Morgan fingerprint density at radius 1 is 1.08 bits per heavy atom. The van der Waals surface area contributed by atoms with Crippen LogP contribution in [0.25, 0.3) is 0 Å². The summed E-state index contributed by atoms with van der Waals surface area (Å²) in [7, 11) is 1.39. The molecule has 1 N–H and O–H groups in total. The maximum absolute atomic E-state index is 12.4. The molecular formula is C17H13N3O5. The normalized spacial score (nSPS) is 13.0. The lowest BCUT2D eigenvalue weighted by atomic mass is 10.1. The molecule has 0 aromatic heterocycles. The quantitative estimate of drug-likeness (QED) is 0.524. The molecule has 2 aromatic rings. The lowest BCUT2D eigenvalue weighted by Crippen LogP contribution is -2.24. The fourth-order valence-electron chi connectivity index (χ4n) is 2.65. The molecule has 25 heavy (non-hydrogen) atoms. The highest BCUT2D eigenvalue weighted by Gasteiger charge is 2.32. The zero-order chi connectivity index (χ0) is 18.3. The van der Waals surface area contributed by atoms with Crippen molar-refractivity contribution in [2.45, 2.75) is 6.92 Å². The van der Waals surface area contributed by atoms with Crippen LogP contribution in [0.15, 0.2) is 36.4 Å². The van der Waals surface area contributed by atoms with Gasteiger partial charge in [-0.3, -0.25) is 29.4 Å². The number of non-ortho nitro benzene ring substituents is 1. The molecular weight excluding hydrogens is 326 g/mol. The number of benzene rings is 2. The number of hydrogen-bond acceptors (Lipinski definition) is 5. The number of amides is 3. The monoisotopic (exact) mass is 339 g/mol. The first kappa shape index (κ1) is 16.3. The Morgan fingerprint density at radius 3 is 2.40 bits per heavy atom. The van der Waals surface area contributed by atoms with E-state index in [0.717, 1.165) is 4.90 Å². The molecule has 2 aromatic carbocycles. The lowest BCUT2D eigenvalue weighted by Gasteiger charge is -2.08. The standard InChI is InChI=1S/C17H13N3O5/c1-9-7-11(20(24)25)4-6-12(9)15(21)18-10-3-5-13-14(8-10)17(23)19(2)16(13)22/h3-8H,1-2H3,(H,18,21). The molecule has 1 heterocycles. The van der Waals surface area contributed by atoms with E-state index >= 15 is 0 Å². The second-order valence-electron chi connectivity index (χ2n) is 5.64. The van der Waals surface area contributed by atoms with Crippen molar-refractivity contribution < 1.29 is 19.3 Å². The number of nitrogens with zero attached hydrogens (tertiary/aromatic N) is 2. The third kappa shape index (κ3) is 2.74. The van der Waals surface area contributed by atoms with Gasteiger partial charge in [-0.25, -0.2) is 0 Å². The molecule has 0 aliphatic carbocycles. The number of carbonyl (C=O) groups excluding carboxylic acids is 3. The van der Waals surface area contributed by atoms with Crippen molar-refractivity contribution in [3.63, 3.8) is 0 Å². The van der Waals surface area contributed by atoms with Crippen molar-refractivity contribution in [2.24, 2.45) is 0 Å². The Kier molecular flexibility index (Phi) is 3.80. The number of nitro groups is 1. The van der Waals surface area contributed by atoms with Crippen LogP contribution in [-0.2, 0) is 0 Å². The minimum absolute atomic E-state index is 0.0984. The van der Waals surface area contributed by atoms with E-state index in [4.69, 9.17) is 0 Å². The van der Waals surface area contributed by atoms with Gasteiger partial charge in [0.15, 0.2) is 0 Å². The van der Waals surface area contributed by atoms with Crippen LogP contribution in [0.4, 0.5) is 11.4 Å². The van der Waals surface area contributed by atoms with Gasteiger partial charge in [0.2, 0.25) is 0 Å². The number of carbonyl (C=O) groups is 3. The van der Waals surface area contributed by atoms with Crippen molar-refractivity contribution >= 4 is 29.1 Å². The van der Waals surface area contributed by atoms with E-state index in [2.05, 4.69) is 5.32 Å². The summed E-state index contributed by atoms with van der Waals surface area (Å²) in [6.07, 6.45) is 0. The van der Waals surface area contributed by atoms with Gasteiger partial charge in [0, 0.05) is 30.4 Å². The highest BCUT2D eigenvalue weighted by Crippen LogP contribution is 2.25. The summed E-state index contributed by atoms with van der Waals surface area (Å²) in [5.41, 5.74) is 1.52. The molecule has 126 valence electrons. The summed E-state index contributed by atoms with van der Waals surface area (Å²) < 4.78 is 0. The van der Waals surface area contributed by atoms with Gasteiger partial charge >= 0.3 is 0 Å². The zero-order valence-corrected chi connectivity index (χ0v) is 13.4. The molecule has 0 bridgehead atoms. The Hall–Kier alpha value is -3.55. The molecule has 0 unspecified atom stereocenters. The molecule has 8 nitrogen and oxygen atoms in total. The van der Waals surface area contributed by atoms with Crippen molar-refractivity contribution in [1.82, 2.24) is 4.90 Å². The molecule has 0 fully saturated rings. The van der Waals surface area contributed by atoms with Gasteiger partial charge in [-0.2, -0.15) is 0 Å². The zero-order valence-electron chi connectivity index (χ0n) is 13.4. The summed E-state index contributed by atoms with van der Waals surface area (Å²) >= 11 is 0. The van der Waals surface area contributed by atoms with Crippen LogP contribution in [0.2, 0.25) is 0 Å². The predicted octanol–water partition coefficient (Wildman–Crippen LogP) is 2.38. The van der Waals surface area contributed by atoms with Gasteiger partial charge in [0.1, 0.15) is 0 Å². The van der Waals surface area contributed by atoms with Crippen LogP contribution < -0.4 is 5.32 Å². The van der Waals surface area contributed by atoms with Crippen LogP contribution in [0.5, 0.6) is 0 Å². The van der Waals surface area contributed by atoms with Crippen LogP contribution in [0.1, 0.15) is 36.6 Å². The van der Waals surface area contributed by atoms with Crippen molar-refractivity contribution in [3.05, 3.63) is 68.8 Å². The highest BCUT2D eigenvalue weighted by atomic mass is 16.6. The molecule has 1 aliphatic heterocycles. The number of aryl methyl sites for hydroxylation is 1. The molecule has 3 rings (SSSR count). The van der Waals surface area contributed by atoms with E-state index < -0.39 is 16.7 Å². The summed E-state index contributed by atoms with van der Waals surface area (Å²) in [5.74, 6) is -1.27. The first-order valence-corrected chi connectivity index (χ1v) is 7.32. The highest BCUT2D eigenvalue weighted by molar-refractivity contribution is 6.21. The minimum Gasteiger partial charge on any atom is -0.322 e. The van der Waals surface area contributed by atoms with E-state index in [0.29, 0.717) is 11.3 Å². The van der Waals surface area contributed by atoms with Crippen LogP contribution in [0, 0.1) is 17.0 Å². The molecule has 1 aliphatic rings. The van der Waals surface area contributed by atoms with E-state index in [1.54, 1.807) is 6.92 Å². The number of anilines is 1. The Bertz CT molecular complexity index is 951. The molecule has 0 saturated heterocycles. The third-order valence-electron chi connectivity index (χ3n) is 4.01. The van der Waals surface area contributed by atoms with E-state index in [1.165, 1.54) is 43.4 Å². The lowest BCUT2D eigenvalue weighted by molar-refractivity contribution is -0.384. The van der Waals surface area contributed by atoms with E-state index in [1.807, 2.05) is 0 Å². The van der Waals surface area contributed by atoms with E-state index in [-0.39, 0.29) is 28.3 Å². The maximum atomic E-state index is 12.4. The van der Waals surface area contributed by atoms with E-state index in [9.17, 15) is 24.5 Å². The predicted molar refractivity (Wildman–Crippen MR) is 88.7 cm³/mol. The first-order chi connectivity index (χ1) is 11.8. The number of hydrogen-bond donors (Lipinski definition) is 1. The van der Waals surface area contributed by atoms with Crippen LogP contribution in [0.3, 0.4) is 0 Å². The van der Waals surface area contributed by atoms with Gasteiger partial charge in [-0.15, -0.1) is 0 Å². The smallest absolute Gasteiger partial charge is 0.269 e. The van der Waals surface area contributed by atoms with Gasteiger partial charge in [-0.1, -0.05) is 0 Å². The number of fused-ring (bicyclic) bond motifs is 1. The van der Waals surface area contributed by atoms with Crippen LogP contribution >= 0.6 is 0 Å². The summed E-state index contributed by atoms with van der Waals surface area (Å²) in [6, 6.07) is 8.39. The van der Waals surface area contributed by atoms with Crippen molar-refractivity contribution in [1.29, 1.82) is 0 Å². The number of nitro benzene ring substituents is 1. The third-order valence-corrected chi connectivity index (χ3v) is 4.01. The average molecular weight is 339 g/mol. The average Bonchev–Trinajstić information content (AvgIpc) is 2.79. The number of imide groups is 1. The summed E-state index contributed by atoms with van der Waals surface area (Å²) in [6.45, 7) is 1.60. The number of nitrogens with one attached hydrogen (secondary N) is 1. The number of rotatable bonds is 3. The molecule has 3 amide bonds. The summed E-state index contributed by atoms with van der Waals surface area (Å²) in [5, 5.41) is 13.4. The fraction of sp³-hybridized carbons (Fsp3) is 0.118. The SMILES string of the molecule is Cc1cc([N+](=O)[O-])ccc1C(=O)Nc1ccc2c(c1)C(=O)N(C)C2=O. The van der Waals surface area contributed by atoms with Gasteiger partial charge in [0.25, 0.3) is 23.4 Å². The Balaban J connectivity index is 1.87. The first-order valence-electron chi connectivity index (χ1n) is 7.32. The van der Waals surface area contributed by atoms with Gasteiger partial charge in [0.05, 0.1) is 16.1 Å². The van der Waals surface area contributed by atoms with Gasteiger partial charge in [-0.05, 0) is 36.8 Å². The maximum Gasteiger partial charge on any atom is 0.269 e. The topological polar surface area (TPSA) is 110 Å². The molecule has 8 heteroatoms. The molecule has 0 spiro atoms. The van der Waals surface area contributed by atoms with Gasteiger partial charge < -0.3 is 5.32 Å². The Labute approximate surface area is 142 Å². The van der Waals surface area contributed by atoms with Crippen molar-refractivity contribution in [3.8, 4) is 0 Å². The molecule has 0 atom stereocenters. The Morgan fingerprint density at radius 2 is 1.76 bits per heavy atom. The molecule has 0 radical (unpaired) electrons. The van der Waals surface area contributed by atoms with Crippen molar-refractivity contribution in [2.75, 3.05) is 12.4 Å². The second kappa shape index (κ2) is 5.82. The second-order valence-corrected chi connectivity index (χ2v) is 5.64. The fourth-order valence-corrected chi connectivity index (χ4v) is 2.65.